The van der Waals surface area contributed by atoms with E-state index in [1.54, 1.807) is 0 Å². The summed E-state index contributed by atoms with van der Waals surface area (Å²) in [5.41, 5.74) is 0. The highest BCUT2D eigenvalue weighted by molar-refractivity contribution is 7.73. The van der Waals surface area contributed by atoms with Crippen molar-refractivity contribution in [1.82, 2.24) is 4.90 Å². The lowest BCUT2D eigenvalue weighted by molar-refractivity contribution is 0.305. The molecule has 4 rings (SSSR count). The Bertz CT molecular complexity index is 889. The zero-order valence-corrected chi connectivity index (χ0v) is 20.7. The topological polar surface area (TPSA) is 3.24 Å². The first-order chi connectivity index (χ1) is 15.7. The van der Waals surface area contributed by atoms with Gasteiger partial charge in [-0.3, -0.25) is 4.90 Å². The van der Waals surface area contributed by atoms with Gasteiger partial charge in [0.1, 0.15) is 0 Å². The highest BCUT2D eigenvalue weighted by atomic mass is 31.1. The molecule has 0 saturated carbocycles. The molecular weight excluding hydrogens is 424 g/mol. The van der Waals surface area contributed by atoms with Crippen molar-refractivity contribution in [3.8, 4) is 0 Å². The van der Waals surface area contributed by atoms with E-state index in [4.69, 9.17) is 0 Å². The normalized spacial score (nSPS) is 11.6. The van der Waals surface area contributed by atoms with Crippen LogP contribution < -0.4 is 21.2 Å². The summed E-state index contributed by atoms with van der Waals surface area (Å²) in [7, 11) is -0.910. The number of hydrogen-bond donors (Lipinski definition) is 0. The Morgan fingerprint density at radius 3 is 0.938 bits per heavy atom. The Balaban J connectivity index is 1.67. The molecule has 3 heteroatoms. The predicted octanol–water partition coefficient (Wildman–Crippen LogP) is 5.88. The van der Waals surface area contributed by atoms with Gasteiger partial charge in [0.25, 0.3) is 0 Å². The SMILES string of the molecule is CC(C)N(CP(c1ccccc1)c1ccccc1)CP(c1ccccc1)c1ccccc1. The van der Waals surface area contributed by atoms with Gasteiger partial charge in [-0.25, -0.2) is 0 Å². The Labute approximate surface area is 195 Å². The molecule has 4 aromatic carbocycles. The van der Waals surface area contributed by atoms with Crippen molar-refractivity contribution < 1.29 is 0 Å². The Morgan fingerprint density at radius 1 is 0.469 bits per heavy atom. The predicted molar refractivity (Wildman–Crippen MR) is 145 cm³/mol. The van der Waals surface area contributed by atoms with Gasteiger partial charge in [-0.15, -0.1) is 0 Å². The first-order valence-electron chi connectivity index (χ1n) is 11.2. The maximum atomic E-state index is 2.71. The second-order valence-corrected chi connectivity index (χ2v) is 12.5. The van der Waals surface area contributed by atoms with E-state index in [9.17, 15) is 0 Å². The summed E-state index contributed by atoms with van der Waals surface area (Å²) < 4.78 is 0. The third-order valence-corrected chi connectivity index (χ3v) is 10.6. The van der Waals surface area contributed by atoms with Crippen molar-refractivity contribution in [1.29, 1.82) is 0 Å². The van der Waals surface area contributed by atoms with E-state index in [0.29, 0.717) is 6.04 Å². The van der Waals surface area contributed by atoms with Crippen molar-refractivity contribution >= 4 is 37.1 Å². The molecule has 4 aromatic rings. The van der Waals surface area contributed by atoms with Gasteiger partial charge >= 0.3 is 0 Å². The fraction of sp³-hybridized carbons (Fsp3) is 0.172. The van der Waals surface area contributed by atoms with Gasteiger partial charge in [-0.2, -0.15) is 0 Å². The van der Waals surface area contributed by atoms with Crippen LogP contribution in [0.2, 0.25) is 0 Å². The lowest BCUT2D eigenvalue weighted by atomic mass is 10.4. The third kappa shape index (κ3) is 5.93. The van der Waals surface area contributed by atoms with E-state index >= 15 is 0 Å². The summed E-state index contributed by atoms with van der Waals surface area (Å²) in [5, 5.41) is 5.79. The summed E-state index contributed by atoms with van der Waals surface area (Å²) in [6.45, 7) is 4.68. The Hall–Kier alpha value is -2.30. The molecule has 0 bridgehead atoms. The lowest BCUT2D eigenvalue weighted by Gasteiger charge is -2.34. The molecule has 0 spiro atoms. The molecule has 1 nitrogen and oxygen atoms in total. The van der Waals surface area contributed by atoms with Crippen LogP contribution in [0, 0.1) is 0 Å². The maximum absolute atomic E-state index is 2.71. The zero-order valence-electron chi connectivity index (χ0n) is 18.9. The molecule has 0 aliphatic rings. The minimum absolute atomic E-state index is 0.455. The van der Waals surface area contributed by atoms with E-state index < -0.39 is 15.8 Å². The first-order valence-corrected chi connectivity index (χ1v) is 14.3. The van der Waals surface area contributed by atoms with Gasteiger partial charge in [-0.05, 0) is 50.9 Å². The number of hydrogen-bond acceptors (Lipinski definition) is 1. The molecule has 0 fully saturated rings. The quantitative estimate of drug-likeness (QED) is 0.285. The molecule has 0 saturated heterocycles. The molecule has 0 aliphatic carbocycles. The standard InChI is InChI=1S/C29H31NP2/c1-25(2)30(23-31(26-15-7-3-8-16-26)27-17-9-4-10-18-27)24-32(28-19-11-5-12-20-28)29-21-13-6-14-22-29/h3-22,25H,23-24H2,1-2H3. The molecule has 0 unspecified atom stereocenters. The Morgan fingerprint density at radius 2 is 0.719 bits per heavy atom. The van der Waals surface area contributed by atoms with E-state index in [0.717, 1.165) is 12.6 Å². The van der Waals surface area contributed by atoms with Gasteiger partial charge < -0.3 is 0 Å². The molecule has 0 radical (unpaired) electrons. The molecule has 32 heavy (non-hydrogen) atoms. The van der Waals surface area contributed by atoms with Gasteiger partial charge in [0.15, 0.2) is 0 Å². The van der Waals surface area contributed by atoms with Crippen LogP contribution in [-0.2, 0) is 0 Å². The first kappa shape index (κ1) is 22.9. The van der Waals surface area contributed by atoms with Crippen LogP contribution in [0.5, 0.6) is 0 Å². The van der Waals surface area contributed by atoms with Crippen LogP contribution in [0.15, 0.2) is 121 Å². The number of rotatable bonds is 9. The van der Waals surface area contributed by atoms with Crippen molar-refractivity contribution in [2.45, 2.75) is 19.9 Å². The van der Waals surface area contributed by atoms with E-state index in [1.165, 1.54) is 21.2 Å². The minimum atomic E-state index is -0.455. The third-order valence-electron chi connectivity index (χ3n) is 5.65. The van der Waals surface area contributed by atoms with Gasteiger partial charge in [0.05, 0.1) is 0 Å². The average Bonchev–Trinajstić information content (AvgIpc) is 2.86. The average molecular weight is 456 g/mol. The zero-order chi connectivity index (χ0) is 22.2. The second kappa shape index (κ2) is 11.5. The van der Waals surface area contributed by atoms with Crippen molar-refractivity contribution in [2.75, 3.05) is 12.6 Å². The molecule has 0 amide bonds. The molecule has 0 atom stereocenters. The monoisotopic (exact) mass is 455 g/mol. The number of benzene rings is 4. The van der Waals surface area contributed by atoms with E-state index in [2.05, 4.69) is 140 Å². The van der Waals surface area contributed by atoms with Crippen molar-refractivity contribution in [3.05, 3.63) is 121 Å². The summed E-state index contributed by atoms with van der Waals surface area (Å²) >= 11 is 0. The van der Waals surface area contributed by atoms with Gasteiger partial charge in [-0.1, -0.05) is 121 Å². The van der Waals surface area contributed by atoms with E-state index in [1.807, 2.05) is 0 Å². The van der Waals surface area contributed by atoms with Crippen LogP contribution in [0.4, 0.5) is 0 Å². The Kier molecular flexibility index (Phi) is 8.24. The van der Waals surface area contributed by atoms with Crippen LogP contribution >= 0.6 is 15.8 Å². The van der Waals surface area contributed by atoms with Crippen LogP contribution in [0.3, 0.4) is 0 Å². The lowest BCUT2D eigenvalue weighted by Crippen LogP contribution is -2.36. The molecule has 162 valence electrons. The largest absolute Gasteiger partial charge is 0.291 e. The number of nitrogens with zero attached hydrogens (tertiary/aromatic N) is 1. The molecule has 0 N–H and O–H groups in total. The molecular formula is C29H31NP2. The summed E-state index contributed by atoms with van der Waals surface area (Å²) in [6.07, 6.45) is 2.14. The second-order valence-electron chi connectivity index (χ2n) is 8.16. The summed E-state index contributed by atoms with van der Waals surface area (Å²) in [4.78, 5) is 2.71. The summed E-state index contributed by atoms with van der Waals surface area (Å²) in [5.74, 6) is 0. The van der Waals surface area contributed by atoms with Gasteiger partial charge in [0.2, 0.25) is 0 Å². The van der Waals surface area contributed by atoms with Crippen molar-refractivity contribution in [3.63, 3.8) is 0 Å². The van der Waals surface area contributed by atoms with Crippen molar-refractivity contribution in [2.24, 2.45) is 0 Å². The van der Waals surface area contributed by atoms with Crippen LogP contribution in [-0.4, -0.2) is 23.5 Å². The summed E-state index contributed by atoms with van der Waals surface area (Å²) in [6, 6.07) is 44.7. The molecule has 0 aliphatic heterocycles. The molecule has 0 heterocycles. The maximum Gasteiger partial charge on any atom is 0.0272 e. The van der Waals surface area contributed by atoms with Crippen LogP contribution in [0.25, 0.3) is 0 Å². The fourth-order valence-electron chi connectivity index (χ4n) is 3.79. The highest BCUT2D eigenvalue weighted by Crippen LogP contribution is 2.40. The fourth-order valence-corrected chi connectivity index (χ4v) is 8.91. The highest BCUT2D eigenvalue weighted by Gasteiger charge is 2.24. The smallest absolute Gasteiger partial charge is 0.0272 e. The van der Waals surface area contributed by atoms with E-state index in [-0.39, 0.29) is 0 Å². The minimum Gasteiger partial charge on any atom is -0.291 e. The molecule has 0 aromatic heterocycles. The van der Waals surface area contributed by atoms with Crippen LogP contribution in [0.1, 0.15) is 13.8 Å². The van der Waals surface area contributed by atoms with Gasteiger partial charge in [0, 0.05) is 18.6 Å².